The molecule has 0 amide bonds. The van der Waals surface area contributed by atoms with E-state index in [9.17, 15) is 19.7 Å². The summed E-state index contributed by atoms with van der Waals surface area (Å²) in [5.74, 6) is 0. The smallest absolute Gasteiger partial charge is 0.756 e. The van der Waals surface area contributed by atoms with Crippen LogP contribution in [0.15, 0.2) is 0 Å². The number of hydrogen-bond acceptors (Lipinski definition) is 8. The van der Waals surface area contributed by atoms with Crippen molar-refractivity contribution < 1.29 is 73.6 Å². The van der Waals surface area contributed by atoms with Crippen LogP contribution in [-0.2, 0) is 13.8 Å². The fourth-order valence-corrected chi connectivity index (χ4v) is 1.57. The molecule has 1 heterocycles. The van der Waals surface area contributed by atoms with Crippen LogP contribution < -0.4 is 34.5 Å². The van der Waals surface area contributed by atoms with Crippen molar-refractivity contribution in [2.75, 3.05) is 6.61 Å². The summed E-state index contributed by atoms with van der Waals surface area (Å²) < 4.78 is 18.8. The van der Waals surface area contributed by atoms with Crippen LogP contribution in [-0.4, -0.2) is 62.6 Å². The van der Waals surface area contributed by atoms with Crippen LogP contribution in [0.1, 0.15) is 0 Å². The molecule has 1 aliphatic heterocycles. The Labute approximate surface area is 119 Å². The van der Waals surface area contributed by atoms with Crippen LogP contribution in [0.25, 0.3) is 0 Å². The van der Waals surface area contributed by atoms with Crippen molar-refractivity contribution in [1.82, 2.24) is 0 Å². The van der Waals surface area contributed by atoms with Gasteiger partial charge in [0.05, 0.1) is 6.61 Å². The van der Waals surface area contributed by atoms with Crippen molar-refractivity contribution in [3.8, 4) is 0 Å². The standard InChI is InChI=1S/C6H13O9P.Na/c7-3-2(1-14-16(11,12)13)15-6(10)5(9)4(3)8;/h2-10H,1H2,(H2,11,12,13);/q;+1/p-1/t2?,3-,4-,5?,6-;/m1./s1. The number of phosphoric ester groups is 1. The van der Waals surface area contributed by atoms with Crippen LogP contribution in [0, 0.1) is 0 Å². The minimum atomic E-state index is -4.98. The van der Waals surface area contributed by atoms with Gasteiger partial charge in [0, 0.05) is 0 Å². The predicted molar refractivity (Wildman–Crippen MR) is 44.7 cm³/mol. The molecule has 0 spiro atoms. The molecule has 0 aromatic rings. The summed E-state index contributed by atoms with van der Waals surface area (Å²) in [6, 6.07) is 0. The van der Waals surface area contributed by atoms with Crippen molar-refractivity contribution in [2.24, 2.45) is 0 Å². The fraction of sp³-hybridized carbons (Fsp3) is 1.00. The maximum atomic E-state index is 10.3. The summed E-state index contributed by atoms with van der Waals surface area (Å²) in [4.78, 5) is 18.5. The first-order valence-electron chi connectivity index (χ1n) is 4.28. The van der Waals surface area contributed by atoms with Crippen LogP contribution in [0.3, 0.4) is 0 Å². The van der Waals surface area contributed by atoms with Crippen LogP contribution in [0.4, 0.5) is 0 Å². The molecule has 11 heteroatoms. The third-order valence-electron chi connectivity index (χ3n) is 2.09. The van der Waals surface area contributed by atoms with E-state index >= 15 is 0 Å². The van der Waals surface area contributed by atoms with Gasteiger partial charge in [-0.2, -0.15) is 0 Å². The Kier molecular flexibility index (Phi) is 7.27. The first-order valence-corrected chi connectivity index (χ1v) is 5.78. The molecular formula is C6H12NaO9P. The molecule has 1 rings (SSSR count). The Morgan fingerprint density at radius 2 is 1.71 bits per heavy atom. The maximum absolute atomic E-state index is 10.3. The molecule has 1 saturated heterocycles. The summed E-state index contributed by atoms with van der Waals surface area (Å²) in [5.41, 5.74) is 0. The molecule has 9 nitrogen and oxygen atoms in total. The van der Waals surface area contributed by atoms with Crippen LogP contribution in [0.2, 0.25) is 0 Å². The number of hydrogen-bond donors (Lipinski definition) is 5. The molecule has 0 aromatic carbocycles. The number of rotatable bonds is 3. The van der Waals surface area contributed by atoms with Gasteiger partial charge in [-0.05, 0) is 0 Å². The topological polar surface area (TPSA) is 160 Å². The molecule has 5 N–H and O–H groups in total. The largest absolute Gasteiger partial charge is 1.00 e. The third kappa shape index (κ3) is 5.19. The van der Waals surface area contributed by atoms with Gasteiger partial charge in [0.2, 0.25) is 0 Å². The quantitative estimate of drug-likeness (QED) is 0.250. The van der Waals surface area contributed by atoms with E-state index in [4.69, 9.17) is 15.1 Å². The number of aliphatic hydroxyl groups is 4. The number of aliphatic hydroxyl groups excluding tert-OH is 4. The Bertz CT molecular complexity index is 283. The van der Waals surface area contributed by atoms with E-state index in [-0.39, 0.29) is 29.6 Å². The van der Waals surface area contributed by atoms with E-state index in [1.165, 1.54) is 0 Å². The Hall–Kier alpha value is 0.910. The minimum Gasteiger partial charge on any atom is -0.756 e. The van der Waals surface area contributed by atoms with Gasteiger partial charge in [-0.15, -0.1) is 0 Å². The Morgan fingerprint density at radius 1 is 1.18 bits per heavy atom. The Balaban J connectivity index is 0.00000256. The zero-order valence-corrected chi connectivity index (χ0v) is 11.8. The average molecular weight is 282 g/mol. The molecule has 3 unspecified atom stereocenters. The monoisotopic (exact) mass is 282 g/mol. The summed E-state index contributed by atoms with van der Waals surface area (Å²) >= 11 is 0. The van der Waals surface area contributed by atoms with Crippen molar-refractivity contribution in [1.29, 1.82) is 0 Å². The second-order valence-electron chi connectivity index (χ2n) is 3.30. The van der Waals surface area contributed by atoms with Gasteiger partial charge < -0.3 is 39.5 Å². The zero-order valence-electron chi connectivity index (χ0n) is 8.91. The zero-order chi connectivity index (χ0) is 12.5. The SMILES string of the molecule is O=P([O-])(O)OCC1O[C@@H](O)C(O)[C@H](O)[C@@H]1O.[Na+]. The predicted octanol–water partition coefficient (Wildman–Crippen LogP) is -6.73. The maximum Gasteiger partial charge on any atom is 1.00 e. The van der Waals surface area contributed by atoms with Gasteiger partial charge in [0.1, 0.15) is 24.4 Å². The molecule has 96 valence electrons. The van der Waals surface area contributed by atoms with E-state index in [0.29, 0.717) is 0 Å². The fourth-order valence-electron chi connectivity index (χ4n) is 1.24. The minimum absolute atomic E-state index is 0. The van der Waals surface area contributed by atoms with Gasteiger partial charge in [0.25, 0.3) is 7.82 Å². The molecule has 0 saturated carbocycles. The van der Waals surface area contributed by atoms with E-state index in [1.54, 1.807) is 0 Å². The molecule has 0 aliphatic carbocycles. The molecule has 1 aliphatic rings. The number of ether oxygens (including phenoxy) is 1. The van der Waals surface area contributed by atoms with Crippen molar-refractivity contribution in [3.63, 3.8) is 0 Å². The second-order valence-corrected chi connectivity index (χ2v) is 4.50. The van der Waals surface area contributed by atoms with Gasteiger partial charge in [-0.25, -0.2) is 0 Å². The molecular weight excluding hydrogens is 270 g/mol. The first kappa shape index (κ1) is 17.9. The van der Waals surface area contributed by atoms with Crippen molar-refractivity contribution >= 4 is 7.82 Å². The summed E-state index contributed by atoms with van der Waals surface area (Å²) in [6.07, 6.45) is -8.23. The molecule has 1 fully saturated rings. The summed E-state index contributed by atoms with van der Waals surface area (Å²) in [6.45, 7) is -0.792. The van der Waals surface area contributed by atoms with Crippen LogP contribution >= 0.6 is 7.82 Å². The van der Waals surface area contributed by atoms with Crippen LogP contribution in [0.5, 0.6) is 0 Å². The number of phosphoric acid groups is 1. The van der Waals surface area contributed by atoms with Gasteiger partial charge in [0.15, 0.2) is 6.29 Å². The van der Waals surface area contributed by atoms with E-state index in [0.717, 1.165) is 0 Å². The molecule has 0 radical (unpaired) electrons. The van der Waals surface area contributed by atoms with Crippen molar-refractivity contribution in [2.45, 2.75) is 30.7 Å². The van der Waals surface area contributed by atoms with E-state index < -0.39 is 45.1 Å². The van der Waals surface area contributed by atoms with Gasteiger partial charge in [-0.1, -0.05) is 0 Å². The normalized spacial score (nSPS) is 41.4. The molecule has 17 heavy (non-hydrogen) atoms. The summed E-state index contributed by atoms with van der Waals surface area (Å²) in [5, 5.41) is 36.7. The summed E-state index contributed by atoms with van der Waals surface area (Å²) in [7, 11) is -4.98. The third-order valence-corrected chi connectivity index (χ3v) is 2.56. The Morgan fingerprint density at radius 3 is 2.18 bits per heavy atom. The first-order chi connectivity index (χ1) is 7.22. The molecule has 0 aromatic heterocycles. The van der Waals surface area contributed by atoms with Gasteiger partial charge in [-0.3, -0.25) is 4.57 Å². The second kappa shape index (κ2) is 6.90. The average Bonchev–Trinajstić information content (AvgIpc) is 2.17. The van der Waals surface area contributed by atoms with E-state index in [2.05, 4.69) is 9.26 Å². The van der Waals surface area contributed by atoms with E-state index in [1.807, 2.05) is 0 Å². The molecule has 6 atom stereocenters. The molecule has 0 bridgehead atoms. The van der Waals surface area contributed by atoms with Crippen molar-refractivity contribution in [3.05, 3.63) is 0 Å². The van der Waals surface area contributed by atoms with Gasteiger partial charge >= 0.3 is 29.6 Å².